The van der Waals surface area contributed by atoms with Crippen molar-refractivity contribution in [1.82, 2.24) is 10.2 Å². The fourth-order valence-electron chi connectivity index (χ4n) is 3.65. The monoisotopic (exact) mass is 294 g/mol. The Kier molecular flexibility index (Phi) is 3.47. The van der Waals surface area contributed by atoms with Gasteiger partial charge in [-0.3, -0.25) is 19.3 Å². The molecule has 1 saturated carbocycles. The van der Waals surface area contributed by atoms with Crippen LogP contribution in [0.2, 0.25) is 0 Å². The number of imide groups is 1. The summed E-state index contributed by atoms with van der Waals surface area (Å²) in [4.78, 5) is 38.6. The summed E-state index contributed by atoms with van der Waals surface area (Å²) in [6, 6.07) is 0. The highest BCUT2D eigenvalue weighted by molar-refractivity contribution is 6.06. The van der Waals surface area contributed by atoms with Crippen LogP contribution in [0.4, 0.5) is 0 Å². The SMILES string of the molecule is CC(C)(C)NC(=O)CN1C(=O)C2CCC(C)(C1=O)C2(C)C. The number of hydrogen-bond acceptors (Lipinski definition) is 3. The van der Waals surface area contributed by atoms with Gasteiger partial charge in [0.25, 0.3) is 0 Å². The molecule has 21 heavy (non-hydrogen) atoms. The molecule has 0 aromatic rings. The van der Waals surface area contributed by atoms with Gasteiger partial charge in [0.15, 0.2) is 0 Å². The maximum absolute atomic E-state index is 12.8. The minimum Gasteiger partial charge on any atom is -0.350 e. The van der Waals surface area contributed by atoms with E-state index in [1.807, 2.05) is 41.5 Å². The maximum atomic E-state index is 12.8. The molecule has 5 nitrogen and oxygen atoms in total. The van der Waals surface area contributed by atoms with Gasteiger partial charge in [-0.2, -0.15) is 0 Å². The van der Waals surface area contributed by atoms with E-state index < -0.39 is 5.41 Å². The second-order valence-corrected chi connectivity index (χ2v) is 8.17. The zero-order chi connectivity index (χ0) is 16.2. The number of carbonyl (C=O) groups is 3. The maximum Gasteiger partial charge on any atom is 0.240 e. The smallest absolute Gasteiger partial charge is 0.240 e. The lowest BCUT2D eigenvalue weighted by molar-refractivity contribution is -0.169. The van der Waals surface area contributed by atoms with Crippen molar-refractivity contribution in [1.29, 1.82) is 0 Å². The lowest BCUT2D eigenvalue weighted by Gasteiger charge is -2.47. The van der Waals surface area contributed by atoms with Crippen molar-refractivity contribution in [2.75, 3.05) is 6.54 Å². The van der Waals surface area contributed by atoms with E-state index in [1.165, 1.54) is 4.90 Å². The highest BCUT2D eigenvalue weighted by Crippen LogP contribution is 2.59. The Bertz CT molecular complexity index is 504. The van der Waals surface area contributed by atoms with Gasteiger partial charge in [-0.15, -0.1) is 0 Å². The molecule has 0 aromatic heterocycles. The number of hydrogen-bond donors (Lipinski definition) is 1. The first kappa shape index (κ1) is 16.0. The predicted octanol–water partition coefficient (Wildman–Crippen LogP) is 1.71. The molecule has 2 atom stereocenters. The molecule has 118 valence electrons. The summed E-state index contributed by atoms with van der Waals surface area (Å²) < 4.78 is 0. The number of carbonyl (C=O) groups excluding carboxylic acids is 3. The molecule has 5 heteroatoms. The Morgan fingerprint density at radius 3 is 2.38 bits per heavy atom. The number of rotatable bonds is 2. The highest BCUT2D eigenvalue weighted by atomic mass is 16.2. The largest absolute Gasteiger partial charge is 0.350 e. The quantitative estimate of drug-likeness (QED) is 0.788. The topological polar surface area (TPSA) is 66.5 Å². The molecule has 1 heterocycles. The van der Waals surface area contributed by atoms with Crippen LogP contribution in [0, 0.1) is 16.7 Å². The zero-order valence-electron chi connectivity index (χ0n) is 13.9. The van der Waals surface area contributed by atoms with Gasteiger partial charge in [0.1, 0.15) is 6.54 Å². The third-order valence-corrected chi connectivity index (χ3v) is 5.32. The van der Waals surface area contributed by atoms with E-state index in [2.05, 4.69) is 5.32 Å². The molecule has 1 aliphatic heterocycles. The average Bonchev–Trinajstić information content (AvgIpc) is 2.49. The number of likely N-dealkylation sites (tertiary alicyclic amines) is 1. The highest BCUT2D eigenvalue weighted by Gasteiger charge is 2.64. The third-order valence-electron chi connectivity index (χ3n) is 5.32. The summed E-state index contributed by atoms with van der Waals surface area (Å²) in [6.45, 7) is 11.4. The average molecular weight is 294 g/mol. The van der Waals surface area contributed by atoms with Crippen molar-refractivity contribution >= 4 is 17.7 Å². The van der Waals surface area contributed by atoms with Crippen molar-refractivity contribution < 1.29 is 14.4 Å². The van der Waals surface area contributed by atoms with Crippen LogP contribution in [0.25, 0.3) is 0 Å². The normalized spacial score (nSPS) is 31.5. The molecule has 1 saturated heterocycles. The van der Waals surface area contributed by atoms with Gasteiger partial charge in [0, 0.05) is 11.5 Å². The van der Waals surface area contributed by atoms with Gasteiger partial charge in [0.2, 0.25) is 17.7 Å². The summed E-state index contributed by atoms with van der Waals surface area (Å²) in [7, 11) is 0. The van der Waals surface area contributed by atoms with Crippen LogP contribution in [0.1, 0.15) is 54.4 Å². The molecule has 2 fully saturated rings. The molecule has 3 amide bonds. The van der Waals surface area contributed by atoms with Gasteiger partial charge < -0.3 is 5.32 Å². The summed E-state index contributed by atoms with van der Waals surface area (Å²) in [5, 5.41) is 2.81. The van der Waals surface area contributed by atoms with Crippen molar-refractivity contribution in [3.8, 4) is 0 Å². The van der Waals surface area contributed by atoms with E-state index in [1.54, 1.807) is 0 Å². The lowest BCUT2D eigenvalue weighted by atomic mass is 9.62. The van der Waals surface area contributed by atoms with Crippen LogP contribution in [-0.4, -0.2) is 34.7 Å². The molecule has 0 aromatic carbocycles. The van der Waals surface area contributed by atoms with E-state index in [4.69, 9.17) is 0 Å². The molecule has 2 unspecified atom stereocenters. The second kappa shape index (κ2) is 4.55. The summed E-state index contributed by atoms with van der Waals surface area (Å²) in [6.07, 6.45) is 1.44. The minimum atomic E-state index is -0.548. The first-order valence-corrected chi connectivity index (χ1v) is 7.57. The van der Waals surface area contributed by atoms with Gasteiger partial charge >= 0.3 is 0 Å². The first-order chi connectivity index (χ1) is 9.40. The van der Waals surface area contributed by atoms with Crippen molar-refractivity contribution in [3.63, 3.8) is 0 Å². The Labute approximate surface area is 126 Å². The number of piperidine rings is 1. The summed E-state index contributed by atoms with van der Waals surface area (Å²) in [5.74, 6) is -0.839. The van der Waals surface area contributed by atoms with Crippen LogP contribution in [-0.2, 0) is 14.4 Å². The van der Waals surface area contributed by atoms with E-state index in [0.29, 0.717) is 6.42 Å². The lowest BCUT2D eigenvalue weighted by Crippen LogP contribution is -2.61. The molecule has 2 bridgehead atoms. The molecule has 1 N–H and O–H groups in total. The number of nitrogens with zero attached hydrogens (tertiary/aromatic N) is 1. The van der Waals surface area contributed by atoms with Crippen LogP contribution in [0.5, 0.6) is 0 Å². The van der Waals surface area contributed by atoms with Gasteiger partial charge in [0.05, 0.1) is 5.41 Å². The van der Waals surface area contributed by atoms with Crippen LogP contribution in [0.3, 0.4) is 0 Å². The second-order valence-electron chi connectivity index (χ2n) is 8.17. The number of nitrogens with one attached hydrogen (secondary N) is 1. The molecule has 0 radical (unpaired) electrons. The third kappa shape index (κ3) is 2.36. The zero-order valence-corrected chi connectivity index (χ0v) is 13.9. The van der Waals surface area contributed by atoms with E-state index in [0.717, 1.165) is 6.42 Å². The van der Waals surface area contributed by atoms with Crippen molar-refractivity contribution in [2.24, 2.45) is 16.7 Å². The van der Waals surface area contributed by atoms with E-state index in [-0.39, 0.29) is 41.1 Å². The Morgan fingerprint density at radius 1 is 1.29 bits per heavy atom. The Morgan fingerprint density at radius 2 is 1.86 bits per heavy atom. The van der Waals surface area contributed by atoms with Gasteiger partial charge in [-0.25, -0.2) is 0 Å². The van der Waals surface area contributed by atoms with Gasteiger partial charge in [-0.05, 0) is 39.0 Å². The van der Waals surface area contributed by atoms with Crippen molar-refractivity contribution in [3.05, 3.63) is 0 Å². The molecule has 2 rings (SSSR count). The van der Waals surface area contributed by atoms with Crippen LogP contribution in [0.15, 0.2) is 0 Å². The molecular weight excluding hydrogens is 268 g/mol. The number of fused-ring (bicyclic) bond motifs is 2. The predicted molar refractivity (Wildman–Crippen MR) is 79.2 cm³/mol. The molecule has 0 spiro atoms. The molecular formula is C16H26N2O3. The summed E-state index contributed by atoms with van der Waals surface area (Å²) in [5.41, 5.74) is -1.26. The standard InChI is InChI=1S/C16H26N2O3/c1-14(2,3)17-11(19)9-18-12(20)10-7-8-16(6,13(18)21)15(10,4)5/h10H,7-9H2,1-6H3,(H,17,19). The molecule has 1 aliphatic carbocycles. The number of amides is 3. The summed E-state index contributed by atoms with van der Waals surface area (Å²) >= 11 is 0. The van der Waals surface area contributed by atoms with Crippen molar-refractivity contribution in [2.45, 2.75) is 59.9 Å². The Hall–Kier alpha value is -1.39. The minimum absolute atomic E-state index is 0.164. The van der Waals surface area contributed by atoms with Crippen LogP contribution < -0.4 is 5.32 Å². The van der Waals surface area contributed by atoms with E-state index >= 15 is 0 Å². The Balaban J connectivity index is 2.22. The van der Waals surface area contributed by atoms with E-state index in [9.17, 15) is 14.4 Å². The fourth-order valence-corrected chi connectivity index (χ4v) is 3.65. The fraction of sp³-hybridized carbons (Fsp3) is 0.812. The molecule has 2 aliphatic rings. The van der Waals surface area contributed by atoms with Crippen LogP contribution >= 0.6 is 0 Å². The van der Waals surface area contributed by atoms with Gasteiger partial charge in [-0.1, -0.05) is 20.8 Å². The first-order valence-electron chi connectivity index (χ1n) is 7.57.